The van der Waals surface area contributed by atoms with E-state index in [1.54, 1.807) is 4.52 Å². The van der Waals surface area contributed by atoms with Crippen LogP contribution in [0.4, 0.5) is 0 Å². The predicted octanol–water partition coefficient (Wildman–Crippen LogP) is 5.44. The Labute approximate surface area is 155 Å². The van der Waals surface area contributed by atoms with Crippen LogP contribution in [0.3, 0.4) is 0 Å². The van der Waals surface area contributed by atoms with Crippen LogP contribution in [0.15, 0.2) is 53.0 Å². The smallest absolute Gasteiger partial charge is 0.182 e. The van der Waals surface area contributed by atoms with E-state index < -0.39 is 0 Å². The Morgan fingerprint density at radius 3 is 2.58 bits per heavy atom. The summed E-state index contributed by atoms with van der Waals surface area (Å²) < 4.78 is 2.73. The fourth-order valence-corrected chi connectivity index (χ4v) is 3.58. The summed E-state index contributed by atoms with van der Waals surface area (Å²) in [5.74, 6) is 0.722. The molecule has 0 unspecified atom stereocenters. The first-order valence-corrected chi connectivity index (χ1v) is 9.10. The molecular weight excluding hydrogens is 408 g/mol. The van der Waals surface area contributed by atoms with Crippen LogP contribution in [0.1, 0.15) is 10.6 Å². The highest BCUT2D eigenvalue weighted by Gasteiger charge is 2.14. The summed E-state index contributed by atoms with van der Waals surface area (Å²) in [5, 5.41) is 14.7. The molecule has 2 aromatic carbocycles. The van der Waals surface area contributed by atoms with Gasteiger partial charge < -0.3 is 0 Å². The minimum Gasteiger partial charge on any atom is -0.182 e. The molecule has 0 saturated carbocycles. The fourth-order valence-electron chi connectivity index (χ4n) is 2.25. The van der Waals surface area contributed by atoms with Gasteiger partial charge in [-0.3, -0.25) is 0 Å². The summed E-state index contributed by atoms with van der Waals surface area (Å²) in [5.41, 5.74) is 2.03. The molecule has 0 aliphatic rings. The lowest BCUT2D eigenvalue weighted by Gasteiger charge is -1.99. The molecule has 0 bridgehead atoms. The Hall–Kier alpha value is -2.02. The molecule has 2 aromatic heterocycles. The molecule has 0 saturated heterocycles. The second-order valence-corrected chi connectivity index (χ2v) is 7.30. The number of benzene rings is 2. The van der Waals surface area contributed by atoms with E-state index in [1.165, 1.54) is 11.3 Å². The Morgan fingerprint density at radius 2 is 1.79 bits per heavy atom. The number of aromatic nitrogens is 4. The van der Waals surface area contributed by atoms with Crippen LogP contribution in [0.5, 0.6) is 0 Å². The van der Waals surface area contributed by atoms with Gasteiger partial charge in [0.15, 0.2) is 5.82 Å². The lowest BCUT2D eigenvalue weighted by molar-refractivity contribution is 0.959. The van der Waals surface area contributed by atoms with Gasteiger partial charge in [-0.05, 0) is 35.9 Å². The summed E-state index contributed by atoms with van der Waals surface area (Å²) in [4.78, 5) is 0.761. The van der Waals surface area contributed by atoms with Crippen molar-refractivity contribution in [3.8, 4) is 11.4 Å². The van der Waals surface area contributed by atoms with E-state index in [9.17, 15) is 0 Å². The van der Waals surface area contributed by atoms with Gasteiger partial charge >= 0.3 is 0 Å². The minimum absolute atomic E-state index is 0.722. The van der Waals surface area contributed by atoms with Gasteiger partial charge in [-0.1, -0.05) is 69.2 Å². The second kappa shape index (κ2) is 6.47. The van der Waals surface area contributed by atoms with Crippen molar-refractivity contribution in [1.82, 2.24) is 19.8 Å². The van der Waals surface area contributed by atoms with Crippen molar-refractivity contribution in [1.29, 1.82) is 0 Å². The van der Waals surface area contributed by atoms with E-state index in [0.29, 0.717) is 0 Å². The van der Waals surface area contributed by atoms with Crippen molar-refractivity contribution >= 4 is 56.0 Å². The average Bonchev–Trinajstić information content (AvgIpc) is 3.15. The van der Waals surface area contributed by atoms with E-state index in [2.05, 4.69) is 31.2 Å². The maximum atomic E-state index is 5.90. The standard InChI is InChI=1S/C17H10BrClN4S/c18-14-4-2-1-3-13(14)16-20-21-17-23(16)22-15(24-17)10-7-11-5-8-12(19)9-6-11/h1-10H/b10-7+. The molecule has 0 amide bonds. The Morgan fingerprint density at radius 1 is 1.00 bits per heavy atom. The summed E-state index contributed by atoms with van der Waals surface area (Å²) in [6.45, 7) is 0. The number of halogens is 2. The van der Waals surface area contributed by atoms with Crippen LogP contribution in [0.25, 0.3) is 28.5 Å². The zero-order valence-corrected chi connectivity index (χ0v) is 15.4. The topological polar surface area (TPSA) is 43.1 Å². The lowest BCUT2D eigenvalue weighted by Crippen LogP contribution is -1.91. The van der Waals surface area contributed by atoms with E-state index in [0.717, 1.165) is 36.4 Å². The van der Waals surface area contributed by atoms with Crippen molar-refractivity contribution in [2.24, 2.45) is 0 Å². The highest BCUT2D eigenvalue weighted by atomic mass is 79.9. The summed E-state index contributed by atoms with van der Waals surface area (Å²) in [6.07, 6.45) is 3.96. The lowest BCUT2D eigenvalue weighted by atomic mass is 10.2. The third-order valence-electron chi connectivity index (χ3n) is 3.41. The predicted molar refractivity (Wildman–Crippen MR) is 102 cm³/mol. The number of hydrogen-bond donors (Lipinski definition) is 0. The Balaban J connectivity index is 1.69. The van der Waals surface area contributed by atoms with Crippen LogP contribution in [-0.2, 0) is 0 Å². The van der Waals surface area contributed by atoms with Gasteiger partial charge in [0.05, 0.1) is 0 Å². The molecule has 0 aliphatic carbocycles. The number of rotatable bonds is 3. The second-order valence-electron chi connectivity index (χ2n) is 5.02. The number of nitrogens with zero attached hydrogens (tertiary/aromatic N) is 4. The van der Waals surface area contributed by atoms with Gasteiger partial charge in [0.1, 0.15) is 5.01 Å². The van der Waals surface area contributed by atoms with E-state index >= 15 is 0 Å². The van der Waals surface area contributed by atoms with E-state index in [1.807, 2.05) is 60.7 Å². The molecule has 4 nitrogen and oxygen atoms in total. The zero-order valence-electron chi connectivity index (χ0n) is 12.2. The van der Waals surface area contributed by atoms with Gasteiger partial charge in [0.25, 0.3) is 0 Å². The summed E-state index contributed by atoms with van der Waals surface area (Å²) >= 11 is 10.9. The monoisotopic (exact) mass is 416 g/mol. The average molecular weight is 418 g/mol. The minimum atomic E-state index is 0.722. The molecule has 7 heteroatoms. The van der Waals surface area contributed by atoms with E-state index in [4.69, 9.17) is 11.6 Å². The SMILES string of the molecule is Clc1ccc(/C=C/c2nn3c(-c4ccccc4Br)nnc3s2)cc1. The molecule has 0 radical (unpaired) electrons. The molecule has 0 fully saturated rings. The maximum Gasteiger partial charge on any atom is 0.235 e. The van der Waals surface area contributed by atoms with Crippen molar-refractivity contribution in [3.05, 3.63) is 68.6 Å². The first-order valence-electron chi connectivity index (χ1n) is 7.11. The Kier molecular flexibility index (Phi) is 4.18. The molecule has 0 atom stereocenters. The largest absolute Gasteiger partial charge is 0.235 e. The fraction of sp³-hybridized carbons (Fsp3) is 0. The molecule has 4 aromatic rings. The van der Waals surface area contributed by atoms with Gasteiger partial charge in [-0.2, -0.15) is 9.61 Å². The van der Waals surface area contributed by atoms with Crippen LogP contribution in [0.2, 0.25) is 5.02 Å². The molecule has 0 spiro atoms. The molecule has 118 valence electrons. The van der Waals surface area contributed by atoms with Gasteiger partial charge in [0, 0.05) is 15.1 Å². The van der Waals surface area contributed by atoms with Gasteiger partial charge in [-0.15, -0.1) is 10.2 Å². The number of fused-ring (bicyclic) bond motifs is 1. The Bertz CT molecular complexity index is 1040. The first kappa shape index (κ1) is 15.5. The zero-order chi connectivity index (χ0) is 16.5. The highest BCUT2D eigenvalue weighted by molar-refractivity contribution is 9.10. The van der Waals surface area contributed by atoms with Crippen LogP contribution in [0, 0.1) is 0 Å². The maximum absolute atomic E-state index is 5.90. The number of hydrogen-bond acceptors (Lipinski definition) is 4. The third-order valence-corrected chi connectivity index (χ3v) is 5.22. The first-order chi connectivity index (χ1) is 11.7. The molecular formula is C17H10BrClN4S. The van der Waals surface area contributed by atoms with Crippen LogP contribution < -0.4 is 0 Å². The third kappa shape index (κ3) is 3.00. The molecule has 0 N–H and O–H groups in total. The van der Waals surface area contributed by atoms with Crippen molar-refractivity contribution in [2.75, 3.05) is 0 Å². The van der Waals surface area contributed by atoms with Crippen molar-refractivity contribution < 1.29 is 0 Å². The van der Waals surface area contributed by atoms with Gasteiger partial charge in [-0.25, -0.2) is 0 Å². The quantitative estimate of drug-likeness (QED) is 0.446. The molecule has 24 heavy (non-hydrogen) atoms. The van der Waals surface area contributed by atoms with E-state index in [-0.39, 0.29) is 0 Å². The van der Waals surface area contributed by atoms with Crippen LogP contribution in [-0.4, -0.2) is 19.8 Å². The van der Waals surface area contributed by atoms with Crippen molar-refractivity contribution in [3.63, 3.8) is 0 Å². The highest BCUT2D eigenvalue weighted by Crippen LogP contribution is 2.28. The molecule has 2 heterocycles. The summed E-state index contributed by atoms with van der Waals surface area (Å²) in [7, 11) is 0. The van der Waals surface area contributed by atoms with Crippen LogP contribution >= 0.6 is 38.9 Å². The molecule has 0 aliphatic heterocycles. The normalized spacial score (nSPS) is 11.6. The van der Waals surface area contributed by atoms with Crippen molar-refractivity contribution in [2.45, 2.75) is 0 Å². The molecule has 4 rings (SSSR count). The van der Waals surface area contributed by atoms with Gasteiger partial charge in [0.2, 0.25) is 4.96 Å². The summed E-state index contributed by atoms with van der Waals surface area (Å²) in [6, 6.07) is 15.6.